The number of fused-ring (bicyclic) bond motifs is 1. The quantitative estimate of drug-likeness (QED) is 0.440. The Morgan fingerprint density at radius 1 is 0.966 bits per heavy atom. The van der Waals surface area contributed by atoms with Gasteiger partial charge in [0.05, 0.1) is 25.5 Å². The van der Waals surface area contributed by atoms with E-state index in [0.29, 0.717) is 17.0 Å². The number of carbonyl (C=O) groups is 1. The fraction of sp³-hybridized carbons (Fsp3) is 0.0952. The highest BCUT2D eigenvalue weighted by Crippen LogP contribution is 2.25. The number of rotatable bonds is 4. The van der Waals surface area contributed by atoms with Crippen molar-refractivity contribution >= 4 is 21.9 Å². The summed E-state index contributed by atoms with van der Waals surface area (Å²) < 4.78 is 14.0. The SMILES string of the molecule is COC(=O)c1cn(-c2ccc(Br)cc2)cc2c(=O)n(-c3ccc(OC)cc3)nc1-2. The lowest BCUT2D eigenvalue weighted by Crippen LogP contribution is -2.15. The summed E-state index contributed by atoms with van der Waals surface area (Å²) in [4.78, 5) is 25.5. The van der Waals surface area contributed by atoms with Crippen molar-refractivity contribution in [2.75, 3.05) is 14.2 Å². The molecular weight excluding hydrogens is 438 g/mol. The maximum atomic E-state index is 13.1. The second-order valence-corrected chi connectivity index (χ2v) is 7.14. The molecule has 0 N–H and O–H groups in total. The van der Waals surface area contributed by atoms with Gasteiger partial charge in [-0.15, -0.1) is 0 Å². The van der Waals surface area contributed by atoms with Gasteiger partial charge in [-0.2, -0.15) is 9.78 Å². The van der Waals surface area contributed by atoms with E-state index in [9.17, 15) is 9.59 Å². The Kier molecular flexibility index (Phi) is 4.94. The van der Waals surface area contributed by atoms with Crippen molar-refractivity contribution < 1.29 is 14.3 Å². The van der Waals surface area contributed by atoms with Crippen LogP contribution in [0.4, 0.5) is 0 Å². The molecule has 29 heavy (non-hydrogen) atoms. The maximum absolute atomic E-state index is 13.1. The van der Waals surface area contributed by atoms with Crippen molar-refractivity contribution in [3.05, 3.63) is 81.3 Å². The minimum Gasteiger partial charge on any atom is -0.497 e. The van der Waals surface area contributed by atoms with E-state index in [1.807, 2.05) is 24.3 Å². The van der Waals surface area contributed by atoms with Crippen LogP contribution in [0.3, 0.4) is 0 Å². The van der Waals surface area contributed by atoms with Crippen molar-refractivity contribution in [3.63, 3.8) is 0 Å². The lowest BCUT2D eigenvalue weighted by Gasteiger charge is -2.11. The van der Waals surface area contributed by atoms with Gasteiger partial charge in [-0.3, -0.25) is 4.79 Å². The molecule has 0 aliphatic carbocycles. The first kappa shape index (κ1) is 18.9. The largest absolute Gasteiger partial charge is 0.497 e. The topological polar surface area (TPSA) is 75.3 Å². The number of carbonyl (C=O) groups excluding carboxylic acids is 1. The molecule has 0 bridgehead atoms. The van der Waals surface area contributed by atoms with Crippen LogP contribution < -0.4 is 10.3 Å². The van der Waals surface area contributed by atoms with Gasteiger partial charge in [0.15, 0.2) is 0 Å². The number of aromatic nitrogens is 3. The van der Waals surface area contributed by atoms with Gasteiger partial charge in [-0.1, -0.05) is 15.9 Å². The molecule has 0 radical (unpaired) electrons. The molecule has 2 aromatic carbocycles. The Bertz CT molecular complexity index is 1210. The zero-order chi connectivity index (χ0) is 20.5. The lowest BCUT2D eigenvalue weighted by molar-refractivity contribution is 0.0600. The zero-order valence-electron chi connectivity index (χ0n) is 15.6. The first-order valence-electron chi connectivity index (χ1n) is 8.65. The Hall–Kier alpha value is -3.39. The molecule has 0 saturated carbocycles. The van der Waals surface area contributed by atoms with Crippen LogP contribution in [-0.4, -0.2) is 34.5 Å². The van der Waals surface area contributed by atoms with E-state index >= 15 is 0 Å². The summed E-state index contributed by atoms with van der Waals surface area (Å²) in [6, 6.07) is 14.4. The predicted molar refractivity (Wildman–Crippen MR) is 111 cm³/mol. The van der Waals surface area contributed by atoms with Crippen molar-refractivity contribution in [3.8, 4) is 28.4 Å². The number of hydrogen-bond donors (Lipinski definition) is 0. The van der Waals surface area contributed by atoms with Gasteiger partial charge in [0.1, 0.15) is 17.0 Å². The normalized spacial score (nSPS) is 10.9. The van der Waals surface area contributed by atoms with Crippen molar-refractivity contribution in [1.82, 2.24) is 14.3 Å². The van der Waals surface area contributed by atoms with E-state index in [-0.39, 0.29) is 16.8 Å². The molecule has 0 fully saturated rings. The highest BCUT2D eigenvalue weighted by atomic mass is 79.9. The lowest BCUT2D eigenvalue weighted by atomic mass is 10.1. The summed E-state index contributed by atoms with van der Waals surface area (Å²) in [5, 5.41) is 4.40. The molecule has 8 heteroatoms. The van der Waals surface area contributed by atoms with Crippen LogP contribution in [0.2, 0.25) is 0 Å². The van der Waals surface area contributed by atoms with Crippen LogP contribution in [0.15, 0.2) is 70.2 Å². The fourth-order valence-corrected chi connectivity index (χ4v) is 3.29. The van der Waals surface area contributed by atoms with Crippen LogP contribution in [0.1, 0.15) is 10.4 Å². The molecule has 0 unspecified atom stereocenters. The average Bonchev–Trinajstić information content (AvgIpc) is 3.09. The van der Waals surface area contributed by atoms with E-state index in [4.69, 9.17) is 9.47 Å². The molecule has 0 spiro atoms. The second kappa shape index (κ2) is 7.56. The second-order valence-electron chi connectivity index (χ2n) is 6.22. The number of nitrogens with zero attached hydrogens (tertiary/aromatic N) is 3. The monoisotopic (exact) mass is 453 g/mol. The summed E-state index contributed by atoms with van der Waals surface area (Å²) in [6.07, 6.45) is 3.28. The molecule has 0 atom stereocenters. The summed E-state index contributed by atoms with van der Waals surface area (Å²) >= 11 is 3.40. The first-order valence-corrected chi connectivity index (χ1v) is 9.45. The van der Waals surface area contributed by atoms with Gasteiger partial charge < -0.3 is 14.0 Å². The molecule has 146 valence electrons. The van der Waals surface area contributed by atoms with E-state index < -0.39 is 5.97 Å². The van der Waals surface area contributed by atoms with E-state index in [0.717, 1.165) is 10.2 Å². The third-order valence-electron chi connectivity index (χ3n) is 4.52. The molecule has 0 amide bonds. The van der Waals surface area contributed by atoms with Crippen LogP contribution in [0.25, 0.3) is 22.6 Å². The number of ether oxygens (including phenoxy) is 2. The third kappa shape index (κ3) is 3.42. The third-order valence-corrected chi connectivity index (χ3v) is 5.05. The zero-order valence-corrected chi connectivity index (χ0v) is 17.2. The minimum atomic E-state index is -0.569. The van der Waals surface area contributed by atoms with Crippen molar-refractivity contribution in [2.45, 2.75) is 0 Å². The Morgan fingerprint density at radius 2 is 1.62 bits per heavy atom. The molecular formula is C21H16BrN3O4. The van der Waals surface area contributed by atoms with E-state index in [1.165, 1.54) is 11.8 Å². The summed E-state index contributed by atoms with van der Waals surface area (Å²) in [7, 11) is 2.86. The average molecular weight is 454 g/mol. The Morgan fingerprint density at radius 3 is 2.24 bits per heavy atom. The number of hydrogen-bond acceptors (Lipinski definition) is 5. The fourth-order valence-electron chi connectivity index (χ4n) is 3.03. The number of benzene rings is 2. The molecule has 0 saturated heterocycles. The highest BCUT2D eigenvalue weighted by molar-refractivity contribution is 9.10. The molecule has 0 aromatic heterocycles. The van der Waals surface area contributed by atoms with Crippen molar-refractivity contribution in [1.29, 1.82) is 0 Å². The predicted octanol–water partition coefficient (Wildman–Crippen LogP) is 3.69. The molecule has 7 nitrogen and oxygen atoms in total. The highest BCUT2D eigenvalue weighted by Gasteiger charge is 2.25. The van der Waals surface area contributed by atoms with Crippen molar-refractivity contribution in [2.24, 2.45) is 0 Å². The van der Waals surface area contributed by atoms with Gasteiger partial charge in [0.2, 0.25) is 0 Å². The van der Waals surface area contributed by atoms with Crippen LogP contribution in [-0.2, 0) is 4.74 Å². The first-order chi connectivity index (χ1) is 14.0. The smallest absolute Gasteiger partial charge is 0.341 e. The molecule has 2 aliphatic heterocycles. The molecule has 2 aromatic rings. The Labute approximate surface area is 174 Å². The minimum absolute atomic E-state index is 0.206. The summed E-state index contributed by atoms with van der Waals surface area (Å²) in [5.41, 5.74) is 1.83. The standard InChI is InChI=1S/C21H16BrN3O4/c1-28-16-9-7-15(8-10-16)25-20(26)17-11-24(14-5-3-13(22)4-6-14)12-18(19(17)23-25)21(27)29-2/h3-12H,1-2H3. The summed E-state index contributed by atoms with van der Waals surface area (Å²) in [6.45, 7) is 0. The van der Waals surface area contributed by atoms with E-state index in [2.05, 4.69) is 21.0 Å². The number of halogens is 1. The van der Waals surface area contributed by atoms with Crippen LogP contribution >= 0.6 is 15.9 Å². The Balaban J connectivity index is 1.94. The summed E-state index contributed by atoms with van der Waals surface area (Å²) in [5.74, 6) is 0.0992. The number of pyridine rings is 1. The van der Waals surface area contributed by atoms with Gasteiger partial charge in [0.25, 0.3) is 5.56 Å². The number of esters is 1. The van der Waals surface area contributed by atoms with Gasteiger partial charge in [-0.05, 0) is 48.5 Å². The van der Waals surface area contributed by atoms with Crippen LogP contribution in [0, 0.1) is 0 Å². The molecule has 4 rings (SSSR count). The van der Waals surface area contributed by atoms with E-state index in [1.54, 1.807) is 48.3 Å². The van der Waals surface area contributed by atoms with Gasteiger partial charge in [0, 0.05) is 22.6 Å². The maximum Gasteiger partial charge on any atom is 0.341 e. The van der Waals surface area contributed by atoms with Gasteiger partial charge in [-0.25, -0.2) is 4.79 Å². The van der Waals surface area contributed by atoms with Gasteiger partial charge >= 0.3 is 5.97 Å². The molecule has 2 heterocycles. The molecule has 2 aliphatic rings. The number of methoxy groups -OCH3 is 2. The van der Waals surface area contributed by atoms with Crippen LogP contribution in [0.5, 0.6) is 5.75 Å².